The zero-order valence-corrected chi connectivity index (χ0v) is 22.4. The Bertz CT molecular complexity index is 2120. The third-order valence-electron chi connectivity index (χ3n) is 8.08. The normalized spacial score (nSPS) is 11.4. The summed E-state index contributed by atoms with van der Waals surface area (Å²) < 4.78 is 6.72. The van der Waals surface area contributed by atoms with E-state index in [2.05, 4.69) is 152 Å². The van der Waals surface area contributed by atoms with E-state index in [4.69, 9.17) is 4.42 Å². The topological polar surface area (TPSA) is 13.1 Å². The van der Waals surface area contributed by atoms with Crippen molar-refractivity contribution in [1.29, 1.82) is 0 Å². The van der Waals surface area contributed by atoms with Gasteiger partial charge in [0.1, 0.15) is 11.3 Å². The fraction of sp³-hybridized carbons (Fsp3) is 0. The van der Waals surface area contributed by atoms with Crippen LogP contribution in [-0.2, 0) is 0 Å². The summed E-state index contributed by atoms with van der Waals surface area (Å²) in [5.41, 5.74) is 9.15. The average molecular weight is 523 g/mol. The summed E-state index contributed by atoms with van der Waals surface area (Å²) in [6.45, 7) is 0. The second-order valence-corrected chi connectivity index (χ2v) is 10.4. The maximum absolute atomic E-state index is 6.72. The van der Waals surface area contributed by atoms with Crippen molar-refractivity contribution in [2.24, 2.45) is 0 Å². The molecule has 0 atom stereocenters. The number of benzene rings is 7. The van der Waals surface area contributed by atoms with E-state index in [-0.39, 0.29) is 0 Å². The van der Waals surface area contributed by atoms with E-state index in [1.54, 1.807) is 0 Å². The maximum Gasteiger partial charge on any atom is 0.143 e. The van der Waals surface area contributed by atoms with Crippen molar-refractivity contribution in [2.45, 2.75) is 0 Å². The zero-order valence-electron chi connectivity index (χ0n) is 22.4. The number of rotatable bonds is 4. The molecule has 1 aromatic heterocycles. The molecule has 1 heteroatoms. The molecule has 8 rings (SSSR count). The van der Waals surface area contributed by atoms with Crippen LogP contribution in [0.4, 0.5) is 0 Å². The second kappa shape index (κ2) is 9.66. The molecule has 0 bridgehead atoms. The molecule has 0 radical (unpaired) electrons. The smallest absolute Gasteiger partial charge is 0.143 e. The SMILES string of the molecule is c1ccc(-c2oc3cccc(-c4c5ccccc5c(-c5ccccc5)c5ccccc45)c3c2-c2ccccc2)cc1. The van der Waals surface area contributed by atoms with E-state index in [1.165, 1.54) is 43.8 Å². The minimum atomic E-state index is 0.889. The Kier molecular flexibility index (Phi) is 5.53. The maximum atomic E-state index is 6.72. The summed E-state index contributed by atoms with van der Waals surface area (Å²) in [5.74, 6) is 0.897. The van der Waals surface area contributed by atoms with Gasteiger partial charge in [0.15, 0.2) is 0 Å². The van der Waals surface area contributed by atoms with E-state index in [0.29, 0.717) is 0 Å². The quantitative estimate of drug-likeness (QED) is 0.210. The highest BCUT2D eigenvalue weighted by atomic mass is 16.3. The highest BCUT2D eigenvalue weighted by molar-refractivity contribution is 6.24. The second-order valence-electron chi connectivity index (χ2n) is 10.4. The number of fused-ring (bicyclic) bond motifs is 3. The Hall–Kier alpha value is -5.40. The minimum absolute atomic E-state index is 0.889. The van der Waals surface area contributed by atoms with Crippen molar-refractivity contribution in [1.82, 2.24) is 0 Å². The lowest BCUT2D eigenvalue weighted by Crippen LogP contribution is -1.91. The van der Waals surface area contributed by atoms with Gasteiger partial charge in [-0.05, 0) is 55.4 Å². The lowest BCUT2D eigenvalue weighted by molar-refractivity contribution is 0.632. The van der Waals surface area contributed by atoms with Gasteiger partial charge in [-0.3, -0.25) is 0 Å². The van der Waals surface area contributed by atoms with Crippen LogP contribution < -0.4 is 0 Å². The molecule has 0 saturated carbocycles. The van der Waals surface area contributed by atoms with Gasteiger partial charge in [0.05, 0.1) is 0 Å². The molecule has 0 fully saturated rings. The monoisotopic (exact) mass is 522 g/mol. The predicted molar refractivity (Wildman–Crippen MR) is 173 cm³/mol. The molecule has 192 valence electrons. The van der Waals surface area contributed by atoms with E-state index < -0.39 is 0 Å². The average Bonchev–Trinajstić information content (AvgIpc) is 3.45. The van der Waals surface area contributed by atoms with Gasteiger partial charge < -0.3 is 4.42 Å². The fourth-order valence-electron chi connectivity index (χ4n) is 6.36. The van der Waals surface area contributed by atoms with Crippen LogP contribution in [0.5, 0.6) is 0 Å². The van der Waals surface area contributed by atoms with Crippen molar-refractivity contribution >= 4 is 32.5 Å². The largest absolute Gasteiger partial charge is 0.455 e. The molecule has 0 spiro atoms. The van der Waals surface area contributed by atoms with Crippen molar-refractivity contribution < 1.29 is 4.42 Å². The third-order valence-corrected chi connectivity index (χ3v) is 8.08. The van der Waals surface area contributed by atoms with Crippen LogP contribution in [0.1, 0.15) is 0 Å². The first-order valence-electron chi connectivity index (χ1n) is 14.0. The molecule has 0 unspecified atom stereocenters. The first-order valence-corrected chi connectivity index (χ1v) is 14.0. The van der Waals surface area contributed by atoms with Crippen molar-refractivity contribution in [3.63, 3.8) is 0 Å². The Morgan fingerprint density at radius 1 is 0.317 bits per heavy atom. The minimum Gasteiger partial charge on any atom is -0.455 e. The molecule has 41 heavy (non-hydrogen) atoms. The molecule has 1 nitrogen and oxygen atoms in total. The Morgan fingerprint density at radius 2 is 0.756 bits per heavy atom. The van der Waals surface area contributed by atoms with Crippen LogP contribution in [-0.4, -0.2) is 0 Å². The van der Waals surface area contributed by atoms with Crippen LogP contribution in [0.3, 0.4) is 0 Å². The zero-order chi connectivity index (χ0) is 27.2. The van der Waals surface area contributed by atoms with Crippen molar-refractivity contribution in [3.05, 3.63) is 158 Å². The Labute approximate surface area is 238 Å². The molecule has 8 aromatic rings. The molecule has 0 amide bonds. The number of hydrogen-bond donors (Lipinski definition) is 0. The molecular weight excluding hydrogens is 496 g/mol. The van der Waals surface area contributed by atoms with Crippen LogP contribution in [0.15, 0.2) is 162 Å². The lowest BCUT2D eigenvalue weighted by atomic mass is 9.84. The van der Waals surface area contributed by atoms with E-state index in [1.807, 2.05) is 6.07 Å². The molecule has 0 N–H and O–H groups in total. The Morgan fingerprint density at radius 3 is 1.29 bits per heavy atom. The first-order chi connectivity index (χ1) is 20.4. The summed E-state index contributed by atoms with van der Waals surface area (Å²) in [6.07, 6.45) is 0. The molecule has 7 aromatic carbocycles. The summed E-state index contributed by atoms with van der Waals surface area (Å²) in [4.78, 5) is 0. The molecule has 0 aliphatic rings. The van der Waals surface area contributed by atoms with E-state index >= 15 is 0 Å². The highest BCUT2D eigenvalue weighted by Gasteiger charge is 2.23. The standard InChI is InChI=1S/C40H26O/c1-4-15-27(16-5-1)36-30-21-10-12-23-32(30)38(33-24-13-11-22-31(33)36)34-25-14-26-35-39(34)37(28-17-6-2-7-18-28)40(41-35)29-19-8-3-9-20-29/h1-26H. The van der Waals surface area contributed by atoms with Crippen LogP contribution in [0.25, 0.3) is 77.2 Å². The van der Waals surface area contributed by atoms with Crippen LogP contribution >= 0.6 is 0 Å². The van der Waals surface area contributed by atoms with Crippen molar-refractivity contribution in [3.8, 4) is 44.7 Å². The first kappa shape index (κ1) is 23.5. The molecule has 0 saturated heterocycles. The fourth-order valence-corrected chi connectivity index (χ4v) is 6.36. The molecule has 1 heterocycles. The van der Waals surface area contributed by atoms with Gasteiger partial charge in [-0.15, -0.1) is 0 Å². The Balaban J connectivity index is 1.55. The lowest BCUT2D eigenvalue weighted by Gasteiger charge is -2.18. The molecular formula is C40H26O. The summed E-state index contributed by atoms with van der Waals surface area (Å²) in [6, 6.07) is 56.0. The summed E-state index contributed by atoms with van der Waals surface area (Å²) in [5, 5.41) is 6.10. The summed E-state index contributed by atoms with van der Waals surface area (Å²) >= 11 is 0. The van der Waals surface area contributed by atoms with Crippen molar-refractivity contribution in [2.75, 3.05) is 0 Å². The third kappa shape index (κ3) is 3.78. The van der Waals surface area contributed by atoms with Gasteiger partial charge in [0, 0.05) is 16.5 Å². The van der Waals surface area contributed by atoms with Gasteiger partial charge in [0.25, 0.3) is 0 Å². The summed E-state index contributed by atoms with van der Waals surface area (Å²) in [7, 11) is 0. The van der Waals surface area contributed by atoms with Gasteiger partial charge in [-0.25, -0.2) is 0 Å². The van der Waals surface area contributed by atoms with Gasteiger partial charge in [-0.1, -0.05) is 152 Å². The molecule has 0 aliphatic heterocycles. The predicted octanol–water partition coefficient (Wildman–Crippen LogP) is 11.4. The van der Waals surface area contributed by atoms with E-state index in [0.717, 1.165) is 33.4 Å². The van der Waals surface area contributed by atoms with Gasteiger partial charge in [-0.2, -0.15) is 0 Å². The molecule has 0 aliphatic carbocycles. The number of hydrogen-bond acceptors (Lipinski definition) is 1. The van der Waals surface area contributed by atoms with Gasteiger partial charge in [0.2, 0.25) is 0 Å². The van der Waals surface area contributed by atoms with Crippen LogP contribution in [0.2, 0.25) is 0 Å². The van der Waals surface area contributed by atoms with Gasteiger partial charge >= 0.3 is 0 Å². The van der Waals surface area contributed by atoms with Crippen LogP contribution in [0, 0.1) is 0 Å². The van der Waals surface area contributed by atoms with E-state index in [9.17, 15) is 0 Å². The highest BCUT2D eigenvalue weighted by Crippen LogP contribution is 2.49. The number of furan rings is 1.